The van der Waals surface area contributed by atoms with E-state index < -0.39 is 18.1 Å². The molecule has 0 aromatic rings. The molecule has 0 radical (unpaired) electrons. The van der Waals surface area contributed by atoms with Gasteiger partial charge in [0.2, 0.25) is 0 Å². The van der Waals surface area contributed by atoms with E-state index in [0.717, 1.165) is 70.6 Å². The average molecular weight is 847 g/mol. The molecule has 0 heterocycles. The number of ether oxygens (including phenoxy) is 3. The summed E-state index contributed by atoms with van der Waals surface area (Å²) < 4.78 is 17.3. The number of aliphatic carboxylic acids is 1. The maximum Gasteiger partial charge on any atom is 0.362 e. The molecule has 0 saturated carbocycles. The molecule has 0 aromatic heterocycles. The number of unbranched alkanes of at least 4 members (excludes halogenated alkanes) is 25. The monoisotopic (exact) mass is 847 g/mol. The molecule has 0 saturated heterocycles. The van der Waals surface area contributed by atoms with Gasteiger partial charge >= 0.3 is 17.9 Å². The van der Waals surface area contributed by atoms with Gasteiger partial charge in [-0.15, -0.1) is 0 Å². The Kier molecular flexibility index (Phi) is 41.4. The largest absolute Gasteiger partial charge is 0.477 e. The zero-order valence-electron chi connectivity index (χ0n) is 39.9. The topological polar surface area (TPSA) is 99.1 Å². The lowest BCUT2D eigenvalue weighted by Crippen LogP contribution is -2.50. The van der Waals surface area contributed by atoms with E-state index in [-0.39, 0.29) is 36.2 Å². The lowest BCUT2D eigenvalue weighted by atomic mass is 10.0. The van der Waals surface area contributed by atoms with Gasteiger partial charge in [-0.3, -0.25) is 9.59 Å². The van der Waals surface area contributed by atoms with Gasteiger partial charge in [0.25, 0.3) is 0 Å². The van der Waals surface area contributed by atoms with Gasteiger partial charge < -0.3 is 23.8 Å². The highest BCUT2D eigenvalue weighted by atomic mass is 16.6. The molecule has 0 aliphatic rings. The van der Waals surface area contributed by atoms with Gasteiger partial charge in [0.05, 0.1) is 34.4 Å². The number of carbonyl (C=O) groups excluding carboxylic acids is 2. The molecule has 0 bridgehead atoms. The summed E-state index contributed by atoms with van der Waals surface area (Å²) in [5.74, 6) is -1.48. The number of hydrogen-bond acceptors (Lipinski definition) is 6. The number of carboxylic acids is 1. The SMILES string of the molecule is CC/C=C/C/C=C/C/C=C/CCCCCCC(=O)OC(COCCC(C(=O)O)[N+](C)(C)C)COC(=O)CCCCCCCCCCCCCCCCCCCCCCCC. The van der Waals surface area contributed by atoms with Gasteiger partial charge in [0, 0.05) is 19.3 Å². The zero-order chi connectivity index (χ0) is 44.2. The molecular formula is C52H96NO7+. The number of likely N-dealkylation sites (N-methyl/N-ethyl adjacent to an activating group) is 1. The van der Waals surface area contributed by atoms with Crippen LogP contribution in [0.1, 0.15) is 226 Å². The third-order valence-electron chi connectivity index (χ3n) is 11.3. The van der Waals surface area contributed by atoms with E-state index in [4.69, 9.17) is 14.2 Å². The summed E-state index contributed by atoms with van der Waals surface area (Å²) in [5, 5.41) is 9.64. The second kappa shape index (κ2) is 43.2. The lowest BCUT2D eigenvalue weighted by molar-refractivity contribution is -0.887. The first kappa shape index (κ1) is 57.5. The van der Waals surface area contributed by atoms with Gasteiger partial charge in [-0.25, -0.2) is 4.79 Å². The summed E-state index contributed by atoms with van der Waals surface area (Å²) in [4.78, 5) is 37.1. The number of carbonyl (C=O) groups is 3. The third kappa shape index (κ3) is 40.9. The molecular weight excluding hydrogens is 751 g/mol. The third-order valence-corrected chi connectivity index (χ3v) is 11.3. The standard InChI is InChI=1S/C52H95NO7/c1-6-8-10-12-14-16-18-20-22-23-24-25-26-27-28-29-31-32-34-36-38-40-42-50(54)59-47-48(46-58-45-44-49(52(56)57)53(3,4)5)60-51(55)43-41-39-37-35-33-30-21-19-17-15-13-11-9-7-2/h9,11,15,17,21,30,48-49H,6-8,10,12-14,16,18-20,22-29,31-47H2,1-5H3/p+1/b11-9+,17-15+,30-21+. The Labute approximate surface area is 370 Å². The minimum atomic E-state index is -0.877. The number of quaternary nitrogens is 1. The van der Waals surface area contributed by atoms with Gasteiger partial charge in [-0.05, 0) is 44.9 Å². The van der Waals surface area contributed by atoms with Crippen molar-refractivity contribution in [1.29, 1.82) is 0 Å². The minimum Gasteiger partial charge on any atom is -0.477 e. The average Bonchev–Trinajstić information content (AvgIpc) is 3.21. The van der Waals surface area contributed by atoms with E-state index in [9.17, 15) is 19.5 Å². The maximum atomic E-state index is 12.7. The molecule has 1 N–H and O–H groups in total. The van der Waals surface area contributed by atoms with Gasteiger partial charge in [-0.2, -0.15) is 0 Å². The number of hydrogen-bond donors (Lipinski definition) is 1. The maximum absolute atomic E-state index is 12.7. The van der Waals surface area contributed by atoms with Gasteiger partial charge in [-0.1, -0.05) is 198 Å². The molecule has 0 aliphatic heterocycles. The quantitative estimate of drug-likeness (QED) is 0.0282. The Morgan fingerprint density at radius 2 is 0.933 bits per heavy atom. The summed E-state index contributed by atoms with van der Waals surface area (Å²) >= 11 is 0. The Balaban J connectivity index is 4.19. The van der Waals surface area contributed by atoms with Crippen molar-refractivity contribution in [3.05, 3.63) is 36.5 Å². The molecule has 0 rings (SSSR count). The van der Waals surface area contributed by atoms with E-state index in [0.29, 0.717) is 19.3 Å². The van der Waals surface area contributed by atoms with E-state index in [1.165, 1.54) is 122 Å². The van der Waals surface area contributed by atoms with Crippen LogP contribution in [0, 0.1) is 0 Å². The second-order valence-corrected chi connectivity index (χ2v) is 18.1. The van der Waals surface area contributed by atoms with E-state index in [1.807, 2.05) is 21.1 Å². The normalized spacial score (nSPS) is 13.2. The van der Waals surface area contributed by atoms with Crippen LogP contribution in [-0.4, -0.2) is 80.6 Å². The smallest absolute Gasteiger partial charge is 0.362 e. The van der Waals surface area contributed by atoms with Crippen molar-refractivity contribution in [2.45, 2.75) is 238 Å². The molecule has 0 amide bonds. The van der Waals surface area contributed by atoms with Gasteiger partial charge in [0.15, 0.2) is 12.1 Å². The van der Waals surface area contributed by atoms with Crippen molar-refractivity contribution in [3.63, 3.8) is 0 Å². The predicted molar refractivity (Wildman–Crippen MR) is 252 cm³/mol. The fourth-order valence-electron chi connectivity index (χ4n) is 7.46. The molecule has 350 valence electrons. The molecule has 2 unspecified atom stereocenters. The molecule has 8 nitrogen and oxygen atoms in total. The van der Waals surface area contributed by atoms with Crippen LogP contribution in [0.15, 0.2) is 36.5 Å². The van der Waals surface area contributed by atoms with Crippen LogP contribution in [0.25, 0.3) is 0 Å². The highest BCUT2D eigenvalue weighted by Crippen LogP contribution is 2.16. The Morgan fingerprint density at radius 3 is 1.38 bits per heavy atom. The fraction of sp³-hybridized carbons (Fsp3) is 0.827. The van der Waals surface area contributed by atoms with Crippen LogP contribution < -0.4 is 0 Å². The molecule has 0 spiro atoms. The Hall–Kier alpha value is -2.45. The first-order chi connectivity index (χ1) is 29.1. The molecule has 0 aliphatic carbocycles. The summed E-state index contributed by atoms with van der Waals surface area (Å²) in [6.07, 6.45) is 50.6. The summed E-state index contributed by atoms with van der Waals surface area (Å²) in [6.45, 7) is 4.63. The number of rotatable bonds is 45. The molecule has 0 aromatic carbocycles. The minimum absolute atomic E-state index is 0.0544. The fourth-order valence-corrected chi connectivity index (χ4v) is 7.46. The summed E-state index contributed by atoms with van der Waals surface area (Å²) in [5.41, 5.74) is 0. The summed E-state index contributed by atoms with van der Waals surface area (Å²) in [7, 11) is 5.53. The second-order valence-electron chi connectivity index (χ2n) is 18.1. The van der Waals surface area contributed by atoms with Gasteiger partial charge in [0.1, 0.15) is 6.61 Å². The highest BCUT2D eigenvalue weighted by molar-refractivity contribution is 5.72. The van der Waals surface area contributed by atoms with Crippen molar-refractivity contribution >= 4 is 17.9 Å². The number of nitrogens with zero attached hydrogens (tertiary/aromatic N) is 1. The van der Waals surface area contributed by atoms with Crippen LogP contribution in [0.5, 0.6) is 0 Å². The van der Waals surface area contributed by atoms with E-state index in [1.54, 1.807) is 0 Å². The molecule has 60 heavy (non-hydrogen) atoms. The van der Waals surface area contributed by atoms with Crippen LogP contribution in [0.4, 0.5) is 0 Å². The number of allylic oxidation sites excluding steroid dienone is 6. The zero-order valence-corrected chi connectivity index (χ0v) is 39.9. The van der Waals surface area contributed by atoms with E-state index in [2.05, 4.69) is 50.3 Å². The lowest BCUT2D eigenvalue weighted by Gasteiger charge is -2.31. The van der Waals surface area contributed by atoms with Crippen LogP contribution in [0.3, 0.4) is 0 Å². The molecule has 8 heteroatoms. The van der Waals surface area contributed by atoms with Crippen LogP contribution in [0.2, 0.25) is 0 Å². The van der Waals surface area contributed by atoms with Crippen molar-refractivity contribution in [3.8, 4) is 0 Å². The molecule has 2 atom stereocenters. The van der Waals surface area contributed by atoms with E-state index >= 15 is 0 Å². The first-order valence-electron chi connectivity index (χ1n) is 25.0. The first-order valence-corrected chi connectivity index (χ1v) is 25.0. The number of carboxylic acid groups (broad SMARTS) is 1. The van der Waals surface area contributed by atoms with Crippen LogP contribution >= 0.6 is 0 Å². The predicted octanol–water partition coefficient (Wildman–Crippen LogP) is 14.2. The van der Waals surface area contributed by atoms with Crippen molar-refractivity contribution < 1.29 is 38.2 Å². The van der Waals surface area contributed by atoms with Crippen molar-refractivity contribution in [1.82, 2.24) is 0 Å². The number of esters is 2. The van der Waals surface area contributed by atoms with Crippen molar-refractivity contribution in [2.75, 3.05) is 41.0 Å². The Morgan fingerprint density at radius 1 is 0.517 bits per heavy atom. The van der Waals surface area contributed by atoms with Crippen LogP contribution in [-0.2, 0) is 28.6 Å². The van der Waals surface area contributed by atoms with Crippen molar-refractivity contribution in [2.24, 2.45) is 0 Å². The molecule has 0 fully saturated rings. The highest BCUT2D eigenvalue weighted by Gasteiger charge is 2.31. The Bertz CT molecular complexity index is 1080. The summed E-state index contributed by atoms with van der Waals surface area (Å²) in [6, 6.07) is -0.618.